The maximum Gasteiger partial charge on any atom is 0.244 e. The summed E-state index contributed by atoms with van der Waals surface area (Å²) in [5.74, 6) is 0.479. The third kappa shape index (κ3) is 2.42. The Morgan fingerprint density at radius 1 is 1.26 bits per heavy atom. The van der Waals surface area contributed by atoms with Gasteiger partial charge >= 0.3 is 0 Å². The van der Waals surface area contributed by atoms with Gasteiger partial charge < -0.3 is 10.5 Å². The van der Waals surface area contributed by atoms with Gasteiger partial charge in [-0.15, -0.1) is 0 Å². The standard InChI is InChI=1S/C13H18N2O3S/c14-10-7-9-3-2-6-18-13(9)12(8-10)19(16,17)15-11-4-1-5-11/h7-8,11,15H,1-6,14H2. The molecule has 0 radical (unpaired) electrons. The molecule has 5 nitrogen and oxygen atoms in total. The van der Waals surface area contributed by atoms with Crippen molar-refractivity contribution in [1.82, 2.24) is 4.72 Å². The number of hydrogen-bond acceptors (Lipinski definition) is 4. The number of rotatable bonds is 3. The summed E-state index contributed by atoms with van der Waals surface area (Å²) in [5, 5.41) is 0. The van der Waals surface area contributed by atoms with E-state index in [-0.39, 0.29) is 10.9 Å². The van der Waals surface area contributed by atoms with Crippen LogP contribution < -0.4 is 15.2 Å². The molecule has 3 rings (SSSR count). The lowest BCUT2D eigenvalue weighted by atomic mass is 9.94. The van der Waals surface area contributed by atoms with Crippen molar-refractivity contribution in [2.24, 2.45) is 0 Å². The molecule has 2 aliphatic rings. The number of anilines is 1. The maximum atomic E-state index is 12.4. The molecule has 6 heteroatoms. The summed E-state index contributed by atoms with van der Waals surface area (Å²) in [6.45, 7) is 0.558. The van der Waals surface area contributed by atoms with Crippen LogP contribution in [0.15, 0.2) is 17.0 Å². The van der Waals surface area contributed by atoms with E-state index in [1.54, 1.807) is 6.07 Å². The molecule has 104 valence electrons. The molecule has 1 fully saturated rings. The Balaban J connectivity index is 2.00. The van der Waals surface area contributed by atoms with Crippen molar-refractivity contribution in [3.05, 3.63) is 17.7 Å². The van der Waals surface area contributed by atoms with Gasteiger partial charge in [-0.25, -0.2) is 13.1 Å². The number of fused-ring (bicyclic) bond motifs is 1. The van der Waals surface area contributed by atoms with E-state index in [1.807, 2.05) is 0 Å². The van der Waals surface area contributed by atoms with Crippen molar-refractivity contribution in [3.8, 4) is 5.75 Å². The molecule has 1 aromatic carbocycles. The Bertz CT molecular complexity index is 594. The fourth-order valence-corrected chi connectivity index (χ4v) is 4.01. The number of ether oxygens (including phenoxy) is 1. The van der Waals surface area contributed by atoms with E-state index in [0.717, 1.165) is 37.7 Å². The molecule has 0 atom stereocenters. The molecule has 1 aromatic rings. The Labute approximate surface area is 113 Å². The van der Waals surface area contributed by atoms with Crippen LogP contribution in [0.1, 0.15) is 31.2 Å². The molecule has 0 aromatic heterocycles. The largest absolute Gasteiger partial charge is 0.492 e. The van der Waals surface area contributed by atoms with Crippen LogP contribution in [0.4, 0.5) is 5.69 Å². The van der Waals surface area contributed by atoms with E-state index in [0.29, 0.717) is 18.0 Å². The van der Waals surface area contributed by atoms with E-state index in [2.05, 4.69) is 4.72 Å². The van der Waals surface area contributed by atoms with Crippen molar-refractivity contribution in [1.29, 1.82) is 0 Å². The molecule has 0 bridgehead atoms. The topological polar surface area (TPSA) is 81.4 Å². The average Bonchev–Trinajstić information content (AvgIpc) is 2.33. The van der Waals surface area contributed by atoms with Crippen molar-refractivity contribution in [2.75, 3.05) is 12.3 Å². The molecule has 0 spiro atoms. The first-order valence-electron chi connectivity index (χ1n) is 6.64. The van der Waals surface area contributed by atoms with Crippen LogP contribution >= 0.6 is 0 Å². The quantitative estimate of drug-likeness (QED) is 0.822. The van der Waals surface area contributed by atoms with Gasteiger partial charge in [0.1, 0.15) is 10.6 Å². The van der Waals surface area contributed by atoms with Crippen LogP contribution in [-0.4, -0.2) is 21.1 Å². The zero-order chi connectivity index (χ0) is 13.5. The summed E-state index contributed by atoms with van der Waals surface area (Å²) < 4.78 is 33.1. The van der Waals surface area contributed by atoms with Crippen molar-refractivity contribution in [2.45, 2.75) is 43.0 Å². The summed E-state index contributed by atoms with van der Waals surface area (Å²) in [4.78, 5) is 0.189. The molecular weight excluding hydrogens is 264 g/mol. The van der Waals surface area contributed by atoms with Crippen LogP contribution in [0, 0.1) is 0 Å². The molecule has 19 heavy (non-hydrogen) atoms. The minimum Gasteiger partial charge on any atom is -0.492 e. The second-order valence-electron chi connectivity index (χ2n) is 5.21. The average molecular weight is 282 g/mol. The van der Waals surface area contributed by atoms with Gasteiger partial charge in [0.2, 0.25) is 10.0 Å². The van der Waals surface area contributed by atoms with Crippen molar-refractivity contribution in [3.63, 3.8) is 0 Å². The number of hydrogen-bond donors (Lipinski definition) is 2. The minimum absolute atomic E-state index is 0.0608. The molecule has 0 unspecified atom stereocenters. The van der Waals surface area contributed by atoms with E-state index in [1.165, 1.54) is 6.07 Å². The lowest BCUT2D eigenvalue weighted by molar-refractivity contribution is 0.280. The lowest BCUT2D eigenvalue weighted by Gasteiger charge is -2.27. The first-order chi connectivity index (χ1) is 9.06. The van der Waals surface area contributed by atoms with Gasteiger partial charge in [-0.3, -0.25) is 0 Å². The van der Waals surface area contributed by atoms with E-state index < -0.39 is 10.0 Å². The summed E-state index contributed by atoms with van der Waals surface area (Å²) >= 11 is 0. The van der Waals surface area contributed by atoms with Crippen LogP contribution in [0.2, 0.25) is 0 Å². The highest BCUT2D eigenvalue weighted by Gasteiger charge is 2.29. The fourth-order valence-electron chi connectivity index (χ4n) is 2.48. The first-order valence-corrected chi connectivity index (χ1v) is 8.12. The second kappa shape index (κ2) is 4.68. The Hall–Kier alpha value is -1.27. The lowest BCUT2D eigenvalue weighted by Crippen LogP contribution is -2.39. The summed E-state index contributed by atoms with van der Waals surface area (Å²) in [5.41, 5.74) is 7.17. The van der Waals surface area contributed by atoms with E-state index in [9.17, 15) is 8.42 Å². The minimum atomic E-state index is -3.54. The molecule has 0 saturated heterocycles. The van der Waals surface area contributed by atoms with E-state index >= 15 is 0 Å². The van der Waals surface area contributed by atoms with Gasteiger partial charge in [0, 0.05) is 11.7 Å². The van der Waals surface area contributed by atoms with Gasteiger partial charge in [-0.05, 0) is 43.4 Å². The molecular formula is C13H18N2O3S. The zero-order valence-electron chi connectivity index (χ0n) is 10.7. The Morgan fingerprint density at radius 3 is 2.74 bits per heavy atom. The first kappa shape index (κ1) is 12.7. The number of nitrogens with one attached hydrogen (secondary N) is 1. The van der Waals surface area contributed by atoms with Gasteiger partial charge in [-0.2, -0.15) is 0 Å². The zero-order valence-corrected chi connectivity index (χ0v) is 11.5. The predicted molar refractivity (Wildman–Crippen MR) is 72.6 cm³/mol. The highest BCUT2D eigenvalue weighted by atomic mass is 32.2. The fraction of sp³-hybridized carbons (Fsp3) is 0.538. The molecule has 1 aliphatic carbocycles. The molecule has 1 heterocycles. The Kier molecular flexibility index (Phi) is 3.14. The maximum absolute atomic E-state index is 12.4. The normalized spacial score (nSPS) is 19.4. The SMILES string of the molecule is Nc1cc2c(c(S(=O)(=O)NC3CCC3)c1)OCCC2. The van der Waals surface area contributed by atoms with Crippen LogP contribution in [0.5, 0.6) is 5.75 Å². The monoisotopic (exact) mass is 282 g/mol. The third-order valence-electron chi connectivity index (χ3n) is 3.71. The number of benzene rings is 1. The number of sulfonamides is 1. The second-order valence-corrected chi connectivity index (χ2v) is 6.89. The van der Waals surface area contributed by atoms with Crippen LogP contribution in [0.3, 0.4) is 0 Å². The van der Waals surface area contributed by atoms with Gasteiger partial charge in [-0.1, -0.05) is 6.42 Å². The molecule has 1 saturated carbocycles. The van der Waals surface area contributed by atoms with Crippen molar-refractivity contribution >= 4 is 15.7 Å². The van der Waals surface area contributed by atoms with E-state index in [4.69, 9.17) is 10.5 Å². The summed E-state index contributed by atoms with van der Waals surface area (Å²) in [6, 6.07) is 3.35. The molecule has 0 amide bonds. The number of nitrogen functional groups attached to an aromatic ring is 1. The van der Waals surface area contributed by atoms with Crippen LogP contribution in [-0.2, 0) is 16.4 Å². The molecule has 3 N–H and O–H groups in total. The van der Waals surface area contributed by atoms with Gasteiger partial charge in [0.25, 0.3) is 0 Å². The van der Waals surface area contributed by atoms with Gasteiger partial charge in [0.05, 0.1) is 6.61 Å². The highest BCUT2D eigenvalue weighted by molar-refractivity contribution is 7.89. The van der Waals surface area contributed by atoms with Crippen LogP contribution in [0.25, 0.3) is 0 Å². The predicted octanol–water partition coefficient (Wildman–Crippen LogP) is 1.42. The summed E-state index contributed by atoms with van der Waals surface area (Å²) in [7, 11) is -3.54. The van der Waals surface area contributed by atoms with Crippen molar-refractivity contribution < 1.29 is 13.2 Å². The van der Waals surface area contributed by atoms with Gasteiger partial charge in [0.15, 0.2) is 0 Å². The smallest absolute Gasteiger partial charge is 0.244 e. The number of nitrogens with two attached hydrogens (primary N) is 1. The summed E-state index contributed by atoms with van der Waals surface area (Å²) in [6.07, 6.45) is 4.60. The molecule has 1 aliphatic heterocycles. The Morgan fingerprint density at radius 2 is 2.05 bits per heavy atom. The number of aryl methyl sites for hydroxylation is 1. The third-order valence-corrected chi connectivity index (χ3v) is 5.23. The highest BCUT2D eigenvalue weighted by Crippen LogP contribution is 2.35.